The van der Waals surface area contributed by atoms with Gasteiger partial charge in [0.15, 0.2) is 5.13 Å². The monoisotopic (exact) mass is 535 g/mol. The highest BCUT2D eigenvalue weighted by molar-refractivity contribution is 8.00. The molecule has 0 saturated heterocycles. The molecule has 0 radical (unpaired) electrons. The van der Waals surface area contributed by atoms with Crippen molar-refractivity contribution in [1.82, 2.24) is 4.98 Å². The van der Waals surface area contributed by atoms with Crippen molar-refractivity contribution in [3.63, 3.8) is 0 Å². The normalized spacial score (nSPS) is 10.5. The highest BCUT2D eigenvalue weighted by Crippen LogP contribution is 2.30. The molecule has 0 spiro atoms. The van der Waals surface area contributed by atoms with Gasteiger partial charge in [-0.2, -0.15) is 0 Å². The van der Waals surface area contributed by atoms with E-state index in [1.165, 1.54) is 37.3 Å². The molecular formula is C27H25N3O5S2. The van der Waals surface area contributed by atoms with Crippen LogP contribution in [0.15, 0.2) is 77.0 Å². The van der Waals surface area contributed by atoms with Gasteiger partial charge in [-0.1, -0.05) is 18.2 Å². The van der Waals surface area contributed by atoms with Crippen molar-refractivity contribution in [3.8, 4) is 28.5 Å². The fourth-order valence-electron chi connectivity index (χ4n) is 3.45. The Morgan fingerprint density at radius 2 is 1.59 bits per heavy atom. The minimum absolute atomic E-state index is 0.155. The number of benzene rings is 3. The number of ether oxygens (including phenoxy) is 3. The summed E-state index contributed by atoms with van der Waals surface area (Å²) in [5.74, 6) is 1.32. The van der Waals surface area contributed by atoms with Crippen LogP contribution >= 0.6 is 23.1 Å². The van der Waals surface area contributed by atoms with Crippen LogP contribution < -0.4 is 24.8 Å². The van der Waals surface area contributed by atoms with Crippen molar-refractivity contribution in [2.45, 2.75) is 4.90 Å². The molecule has 2 N–H and O–H groups in total. The van der Waals surface area contributed by atoms with Crippen LogP contribution in [0.4, 0.5) is 10.8 Å². The van der Waals surface area contributed by atoms with E-state index in [2.05, 4.69) is 15.6 Å². The second-order valence-corrected chi connectivity index (χ2v) is 9.53. The first-order chi connectivity index (χ1) is 18.0. The smallest absolute Gasteiger partial charge is 0.263 e. The van der Waals surface area contributed by atoms with Crippen LogP contribution in [0, 0.1) is 0 Å². The quantitative estimate of drug-likeness (QED) is 0.247. The summed E-state index contributed by atoms with van der Waals surface area (Å²) >= 11 is 2.76. The number of hydrogen-bond acceptors (Lipinski definition) is 8. The van der Waals surface area contributed by atoms with E-state index in [0.29, 0.717) is 27.9 Å². The molecule has 0 aliphatic heterocycles. The zero-order chi connectivity index (χ0) is 26.2. The van der Waals surface area contributed by atoms with Crippen molar-refractivity contribution in [2.75, 3.05) is 37.7 Å². The van der Waals surface area contributed by atoms with Gasteiger partial charge in [-0.25, -0.2) is 4.98 Å². The number of methoxy groups -OCH3 is 3. The van der Waals surface area contributed by atoms with Crippen LogP contribution in [0.5, 0.6) is 17.2 Å². The van der Waals surface area contributed by atoms with E-state index in [1.807, 2.05) is 41.8 Å². The molecule has 0 aliphatic carbocycles. The first-order valence-electron chi connectivity index (χ1n) is 11.2. The van der Waals surface area contributed by atoms with Gasteiger partial charge >= 0.3 is 0 Å². The maximum Gasteiger partial charge on any atom is 0.263 e. The van der Waals surface area contributed by atoms with Crippen LogP contribution in [0.25, 0.3) is 11.3 Å². The molecule has 10 heteroatoms. The first-order valence-corrected chi connectivity index (χ1v) is 13.0. The number of thioether (sulfide) groups is 1. The van der Waals surface area contributed by atoms with Crippen molar-refractivity contribution < 1.29 is 23.8 Å². The third-order valence-electron chi connectivity index (χ3n) is 5.25. The molecule has 1 heterocycles. The molecule has 0 bridgehead atoms. The van der Waals surface area contributed by atoms with E-state index >= 15 is 0 Å². The predicted octanol–water partition coefficient (Wildman–Crippen LogP) is 5.82. The van der Waals surface area contributed by atoms with Crippen LogP contribution in [0.1, 0.15) is 10.4 Å². The van der Waals surface area contributed by atoms with E-state index < -0.39 is 0 Å². The fourth-order valence-corrected chi connectivity index (χ4v) is 4.89. The Balaban J connectivity index is 1.31. The zero-order valence-corrected chi connectivity index (χ0v) is 22.1. The van der Waals surface area contributed by atoms with Gasteiger partial charge in [-0.3, -0.25) is 9.59 Å². The summed E-state index contributed by atoms with van der Waals surface area (Å²) in [5, 5.41) is 8.13. The largest absolute Gasteiger partial charge is 0.497 e. The average Bonchev–Trinajstić information content (AvgIpc) is 3.40. The van der Waals surface area contributed by atoms with Crippen LogP contribution in [-0.2, 0) is 4.79 Å². The third kappa shape index (κ3) is 6.60. The van der Waals surface area contributed by atoms with Gasteiger partial charge < -0.3 is 24.8 Å². The maximum atomic E-state index is 12.8. The van der Waals surface area contributed by atoms with E-state index in [1.54, 1.807) is 37.4 Å². The minimum Gasteiger partial charge on any atom is -0.497 e. The molecule has 4 rings (SSSR count). The summed E-state index contributed by atoms with van der Waals surface area (Å²) in [4.78, 5) is 30.7. The summed E-state index contributed by atoms with van der Waals surface area (Å²) in [6.07, 6.45) is 0. The number of nitrogens with one attached hydrogen (secondary N) is 2. The number of nitrogens with zero attached hydrogens (tertiary/aromatic N) is 1. The Labute approximate surface area is 223 Å². The second kappa shape index (κ2) is 12.3. The van der Waals surface area contributed by atoms with Gasteiger partial charge in [0.25, 0.3) is 5.91 Å². The van der Waals surface area contributed by atoms with E-state index in [-0.39, 0.29) is 17.6 Å². The minimum atomic E-state index is -0.342. The van der Waals surface area contributed by atoms with Crippen LogP contribution in [-0.4, -0.2) is 43.9 Å². The lowest BCUT2D eigenvalue weighted by Crippen LogP contribution is -2.14. The van der Waals surface area contributed by atoms with Crippen molar-refractivity contribution >= 4 is 45.7 Å². The number of hydrogen-bond donors (Lipinski definition) is 2. The maximum absolute atomic E-state index is 12.8. The summed E-state index contributed by atoms with van der Waals surface area (Å²) in [6.45, 7) is 0. The van der Waals surface area contributed by atoms with Gasteiger partial charge in [0.1, 0.15) is 22.8 Å². The Kier molecular flexibility index (Phi) is 8.65. The lowest BCUT2D eigenvalue weighted by molar-refractivity contribution is -0.113. The first kappa shape index (κ1) is 26.1. The Bertz CT molecular complexity index is 1370. The van der Waals surface area contributed by atoms with Crippen LogP contribution in [0.3, 0.4) is 0 Å². The van der Waals surface area contributed by atoms with Gasteiger partial charge in [0.05, 0.1) is 32.8 Å². The van der Waals surface area contributed by atoms with Gasteiger partial charge in [-0.05, 0) is 48.5 Å². The highest BCUT2D eigenvalue weighted by atomic mass is 32.2. The van der Waals surface area contributed by atoms with E-state index in [9.17, 15) is 9.59 Å². The number of amides is 2. The molecule has 0 unspecified atom stereocenters. The van der Waals surface area contributed by atoms with Gasteiger partial charge in [0.2, 0.25) is 5.91 Å². The summed E-state index contributed by atoms with van der Waals surface area (Å²) in [5.41, 5.74) is 2.62. The molecule has 0 saturated carbocycles. The highest BCUT2D eigenvalue weighted by Gasteiger charge is 2.18. The lowest BCUT2D eigenvalue weighted by atomic mass is 10.1. The summed E-state index contributed by atoms with van der Waals surface area (Å²) < 4.78 is 15.9. The fraction of sp³-hybridized carbons (Fsp3) is 0.148. The Hall–Kier alpha value is -4.02. The molecule has 190 valence electrons. The standard InChI is InChI=1S/C27H25N3O5S2/c1-33-19-7-4-6-17(14-19)21-15-37-27(29-21)30-24(31)16-36-20-12-10-18(11-13-20)28-26(32)25-22(34-2)8-5-9-23(25)35-3/h4-15H,16H2,1-3H3,(H,28,32)(H,29,30,31). The molecule has 0 fully saturated rings. The molecular weight excluding hydrogens is 510 g/mol. The molecule has 2 amide bonds. The van der Waals surface area contributed by atoms with Crippen molar-refractivity contribution in [2.24, 2.45) is 0 Å². The van der Waals surface area contributed by atoms with Gasteiger partial charge in [0, 0.05) is 21.5 Å². The molecule has 37 heavy (non-hydrogen) atoms. The molecule has 0 aliphatic rings. The molecule has 4 aromatic rings. The van der Waals surface area contributed by atoms with Crippen molar-refractivity contribution in [3.05, 3.63) is 77.7 Å². The Morgan fingerprint density at radius 1 is 0.892 bits per heavy atom. The number of carbonyl (C=O) groups is 2. The third-order valence-corrected chi connectivity index (χ3v) is 7.02. The number of carbonyl (C=O) groups excluding carboxylic acids is 2. The molecule has 8 nitrogen and oxygen atoms in total. The second-order valence-electron chi connectivity index (χ2n) is 7.62. The van der Waals surface area contributed by atoms with Crippen LogP contribution in [0.2, 0.25) is 0 Å². The topological polar surface area (TPSA) is 98.8 Å². The number of aromatic nitrogens is 1. The average molecular weight is 536 g/mol. The van der Waals surface area contributed by atoms with Crippen molar-refractivity contribution in [1.29, 1.82) is 0 Å². The zero-order valence-electron chi connectivity index (χ0n) is 20.4. The van der Waals surface area contributed by atoms with E-state index in [0.717, 1.165) is 21.9 Å². The summed E-state index contributed by atoms with van der Waals surface area (Å²) in [7, 11) is 4.62. The molecule has 3 aromatic carbocycles. The molecule has 1 aromatic heterocycles. The van der Waals surface area contributed by atoms with Gasteiger partial charge in [-0.15, -0.1) is 23.1 Å². The van der Waals surface area contributed by atoms with E-state index in [4.69, 9.17) is 14.2 Å². The predicted molar refractivity (Wildman–Crippen MR) is 147 cm³/mol. The SMILES string of the molecule is COc1cccc(-c2csc(NC(=O)CSc3ccc(NC(=O)c4c(OC)cccc4OC)cc3)n2)c1. The number of thiazole rings is 1. The summed E-state index contributed by atoms with van der Waals surface area (Å²) in [6, 6.07) is 20.0. The Morgan fingerprint density at radius 3 is 2.27 bits per heavy atom. The lowest BCUT2D eigenvalue weighted by Gasteiger charge is -2.13. The molecule has 0 atom stereocenters. The number of anilines is 2. The number of rotatable bonds is 10.